The fourth-order valence-corrected chi connectivity index (χ4v) is 3.01. The zero-order valence-corrected chi connectivity index (χ0v) is 12.3. The van der Waals surface area contributed by atoms with E-state index in [2.05, 4.69) is 4.90 Å². The van der Waals surface area contributed by atoms with Crippen molar-refractivity contribution in [3.63, 3.8) is 0 Å². The van der Waals surface area contributed by atoms with Crippen molar-refractivity contribution in [1.82, 2.24) is 4.90 Å². The maximum Gasteiger partial charge on any atom is 0.303 e. The average molecular weight is 295 g/mol. The predicted octanol–water partition coefficient (Wildman–Crippen LogP) is 2.91. The van der Waals surface area contributed by atoms with Crippen LogP contribution in [0.2, 0.25) is 0 Å². The number of hydrogen-bond donors (Lipinski definition) is 1. The third kappa shape index (κ3) is 4.43. The first-order chi connectivity index (χ1) is 10.1. The van der Waals surface area contributed by atoms with Crippen LogP contribution in [0.15, 0.2) is 18.2 Å². The van der Waals surface area contributed by atoms with E-state index in [-0.39, 0.29) is 12.2 Å². The third-order valence-corrected chi connectivity index (χ3v) is 4.02. The molecule has 1 N–H and O–H groups in total. The molecule has 21 heavy (non-hydrogen) atoms. The number of para-hydroxylation sites is 1. The number of rotatable bonds is 6. The van der Waals surface area contributed by atoms with Crippen LogP contribution in [0.5, 0.6) is 5.75 Å². The van der Waals surface area contributed by atoms with Crippen molar-refractivity contribution in [1.29, 1.82) is 0 Å². The number of likely N-dealkylation sites (tertiary alicyclic amines) is 1. The number of benzene rings is 1. The van der Waals surface area contributed by atoms with Gasteiger partial charge in [-0.1, -0.05) is 12.1 Å². The highest BCUT2D eigenvalue weighted by Gasteiger charge is 2.22. The Morgan fingerprint density at radius 1 is 1.52 bits per heavy atom. The number of hydrogen-bond acceptors (Lipinski definition) is 3. The molecule has 1 heterocycles. The lowest BCUT2D eigenvalue weighted by Gasteiger charge is -2.32. The molecule has 1 aliphatic heterocycles. The Labute approximate surface area is 124 Å². The molecule has 0 radical (unpaired) electrons. The van der Waals surface area contributed by atoms with Crippen LogP contribution in [-0.2, 0) is 11.3 Å². The Balaban J connectivity index is 1.96. The maximum absolute atomic E-state index is 13.7. The van der Waals surface area contributed by atoms with E-state index in [1.54, 1.807) is 6.07 Å². The van der Waals surface area contributed by atoms with Gasteiger partial charge in [-0.15, -0.1) is 0 Å². The molecule has 0 aliphatic carbocycles. The van der Waals surface area contributed by atoms with Crippen molar-refractivity contribution in [3.05, 3.63) is 29.6 Å². The molecular weight excluding hydrogens is 273 g/mol. The number of ether oxygens (including phenoxy) is 1. The summed E-state index contributed by atoms with van der Waals surface area (Å²) in [6.45, 7) is 2.47. The summed E-state index contributed by atoms with van der Waals surface area (Å²) in [7, 11) is 1.48. The van der Waals surface area contributed by atoms with Gasteiger partial charge in [-0.05, 0) is 37.8 Å². The summed E-state index contributed by atoms with van der Waals surface area (Å²) in [6.07, 6.45) is 3.07. The van der Waals surface area contributed by atoms with Gasteiger partial charge < -0.3 is 9.84 Å². The number of halogens is 1. The molecule has 1 aliphatic rings. The molecule has 4 nitrogen and oxygen atoms in total. The van der Waals surface area contributed by atoms with Crippen LogP contribution in [0.25, 0.3) is 0 Å². The first kappa shape index (κ1) is 15.8. The van der Waals surface area contributed by atoms with Gasteiger partial charge in [-0.25, -0.2) is 4.39 Å². The van der Waals surface area contributed by atoms with E-state index in [9.17, 15) is 9.18 Å². The summed E-state index contributed by atoms with van der Waals surface area (Å²) in [4.78, 5) is 12.9. The quantitative estimate of drug-likeness (QED) is 0.876. The number of aliphatic carboxylic acids is 1. The monoisotopic (exact) mass is 295 g/mol. The Morgan fingerprint density at radius 3 is 3.05 bits per heavy atom. The number of methoxy groups -OCH3 is 1. The van der Waals surface area contributed by atoms with Crippen LogP contribution in [0, 0.1) is 11.7 Å². The summed E-state index contributed by atoms with van der Waals surface area (Å²) in [6, 6.07) is 4.97. The van der Waals surface area contributed by atoms with Crippen molar-refractivity contribution < 1.29 is 19.0 Å². The smallest absolute Gasteiger partial charge is 0.303 e. The third-order valence-electron chi connectivity index (χ3n) is 4.02. The molecule has 1 atom stereocenters. The second kappa shape index (κ2) is 7.41. The molecular formula is C16H22FNO3. The minimum atomic E-state index is -0.737. The predicted molar refractivity (Wildman–Crippen MR) is 77.8 cm³/mol. The summed E-state index contributed by atoms with van der Waals surface area (Å²) in [5, 5.41) is 8.77. The lowest BCUT2D eigenvalue weighted by atomic mass is 9.93. The van der Waals surface area contributed by atoms with E-state index in [1.165, 1.54) is 13.2 Å². The van der Waals surface area contributed by atoms with Crippen molar-refractivity contribution in [3.8, 4) is 5.75 Å². The van der Waals surface area contributed by atoms with E-state index < -0.39 is 5.97 Å². The van der Waals surface area contributed by atoms with Gasteiger partial charge in [-0.2, -0.15) is 0 Å². The van der Waals surface area contributed by atoms with Crippen LogP contribution in [0.3, 0.4) is 0 Å². The topological polar surface area (TPSA) is 49.8 Å². The Hall–Kier alpha value is -1.62. The van der Waals surface area contributed by atoms with Crippen LogP contribution < -0.4 is 4.74 Å². The maximum atomic E-state index is 13.7. The van der Waals surface area contributed by atoms with Crippen LogP contribution in [-0.4, -0.2) is 36.2 Å². The van der Waals surface area contributed by atoms with Crippen LogP contribution >= 0.6 is 0 Å². The number of carboxylic acids is 1. The zero-order valence-electron chi connectivity index (χ0n) is 12.3. The molecule has 116 valence electrons. The summed E-state index contributed by atoms with van der Waals surface area (Å²) >= 11 is 0. The van der Waals surface area contributed by atoms with Gasteiger partial charge in [0.05, 0.1) is 7.11 Å². The fraction of sp³-hybridized carbons (Fsp3) is 0.562. The first-order valence-electron chi connectivity index (χ1n) is 7.35. The van der Waals surface area contributed by atoms with Crippen molar-refractivity contribution in [2.24, 2.45) is 5.92 Å². The second-order valence-electron chi connectivity index (χ2n) is 5.61. The zero-order chi connectivity index (χ0) is 15.2. The Kier molecular flexibility index (Phi) is 5.56. The molecule has 1 fully saturated rings. The highest BCUT2D eigenvalue weighted by atomic mass is 19.1. The standard InChI is InChI=1S/C16H22FNO3/c1-21-16-13(5-2-6-14(16)17)11-18-9-3-4-12(10-18)7-8-15(19)20/h2,5-6,12H,3-4,7-11H2,1H3,(H,19,20)/t12-/m1/s1. The highest BCUT2D eigenvalue weighted by Crippen LogP contribution is 2.27. The summed E-state index contributed by atoms with van der Waals surface area (Å²) in [5.41, 5.74) is 0.844. The fourth-order valence-electron chi connectivity index (χ4n) is 3.01. The van der Waals surface area contributed by atoms with E-state index in [4.69, 9.17) is 9.84 Å². The average Bonchev–Trinajstić information content (AvgIpc) is 2.46. The van der Waals surface area contributed by atoms with Gasteiger partial charge >= 0.3 is 5.97 Å². The van der Waals surface area contributed by atoms with Gasteiger partial charge in [0.2, 0.25) is 0 Å². The molecule has 1 aromatic carbocycles. The van der Waals surface area contributed by atoms with E-state index in [0.717, 1.165) is 31.5 Å². The van der Waals surface area contributed by atoms with Crippen molar-refractivity contribution in [2.75, 3.05) is 20.2 Å². The van der Waals surface area contributed by atoms with Crippen LogP contribution in [0.1, 0.15) is 31.2 Å². The molecule has 5 heteroatoms. The number of piperidine rings is 1. The second-order valence-corrected chi connectivity index (χ2v) is 5.61. The van der Waals surface area contributed by atoms with Crippen molar-refractivity contribution in [2.45, 2.75) is 32.2 Å². The summed E-state index contributed by atoms with van der Waals surface area (Å²) < 4.78 is 18.8. The first-order valence-corrected chi connectivity index (χ1v) is 7.35. The highest BCUT2D eigenvalue weighted by molar-refractivity contribution is 5.66. The van der Waals surface area contributed by atoms with Gasteiger partial charge in [0.1, 0.15) is 0 Å². The molecule has 0 amide bonds. The van der Waals surface area contributed by atoms with Gasteiger partial charge in [0, 0.05) is 25.1 Å². The van der Waals surface area contributed by atoms with Crippen molar-refractivity contribution >= 4 is 5.97 Å². The normalized spacial score (nSPS) is 19.4. The largest absolute Gasteiger partial charge is 0.493 e. The molecule has 0 bridgehead atoms. The lowest BCUT2D eigenvalue weighted by Crippen LogP contribution is -2.35. The molecule has 0 unspecified atom stereocenters. The van der Waals surface area contributed by atoms with Crippen LogP contribution in [0.4, 0.5) is 4.39 Å². The molecule has 0 saturated carbocycles. The number of carbonyl (C=O) groups is 1. The SMILES string of the molecule is COc1c(F)cccc1CN1CCC[C@H](CCC(=O)O)C1. The Bertz CT molecular complexity index is 492. The van der Waals surface area contributed by atoms with E-state index >= 15 is 0 Å². The minimum absolute atomic E-state index is 0.224. The van der Waals surface area contributed by atoms with Gasteiger partial charge in [-0.3, -0.25) is 9.69 Å². The summed E-state index contributed by atoms with van der Waals surface area (Å²) in [5.74, 6) is -0.354. The molecule has 0 aromatic heterocycles. The van der Waals surface area contributed by atoms with Gasteiger partial charge in [0.15, 0.2) is 11.6 Å². The van der Waals surface area contributed by atoms with Gasteiger partial charge in [0.25, 0.3) is 0 Å². The Morgan fingerprint density at radius 2 is 2.33 bits per heavy atom. The number of nitrogens with zero attached hydrogens (tertiary/aromatic N) is 1. The lowest BCUT2D eigenvalue weighted by molar-refractivity contribution is -0.137. The molecule has 1 saturated heterocycles. The van der Waals surface area contributed by atoms with E-state index in [0.29, 0.717) is 24.6 Å². The minimum Gasteiger partial charge on any atom is -0.493 e. The molecule has 1 aromatic rings. The van der Waals surface area contributed by atoms with E-state index in [1.807, 2.05) is 6.07 Å². The number of carboxylic acid groups (broad SMARTS) is 1. The molecule has 2 rings (SSSR count). The molecule has 0 spiro atoms.